The number of esters is 1. The van der Waals surface area contributed by atoms with Gasteiger partial charge in [-0.15, -0.1) is 0 Å². The van der Waals surface area contributed by atoms with E-state index >= 15 is 0 Å². The number of rotatable bonds is 6. The molecule has 0 saturated carbocycles. The highest BCUT2D eigenvalue weighted by Crippen LogP contribution is 2.43. The minimum atomic E-state index is -0.369. The van der Waals surface area contributed by atoms with E-state index in [9.17, 15) is 9.90 Å². The van der Waals surface area contributed by atoms with Crippen LogP contribution in [-0.4, -0.2) is 61.6 Å². The van der Waals surface area contributed by atoms with E-state index < -0.39 is 0 Å². The number of thiocarbonyl (C=S) groups is 1. The van der Waals surface area contributed by atoms with Crippen molar-refractivity contribution >= 4 is 23.3 Å². The molecule has 1 aliphatic heterocycles. The third kappa shape index (κ3) is 4.32. The smallest absolute Gasteiger partial charge is 0.325 e. The fourth-order valence-electron chi connectivity index (χ4n) is 2.90. The second kappa shape index (κ2) is 8.87. The molecule has 25 heavy (non-hydrogen) atoms. The molecule has 7 nitrogen and oxygen atoms in total. The van der Waals surface area contributed by atoms with Gasteiger partial charge in [-0.2, -0.15) is 0 Å². The van der Waals surface area contributed by atoms with Gasteiger partial charge in [0.25, 0.3) is 0 Å². The maximum Gasteiger partial charge on any atom is 0.325 e. The van der Waals surface area contributed by atoms with Crippen LogP contribution >= 0.6 is 12.2 Å². The van der Waals surface area contributed by atoms with E-state index in [4.69, 9.17) is 26.4 Å². The minimum absolute atomic E-state index is 0.00497. The molecule has 2 rings (SSSR count). The Labute approximate surface area is 152 Å². The first-order chi connectivity index (χ1) is 12.0. The lowest BCUT2D eigenvalue weighted by Gasteiger charge is -2.39. The zero-order valence-electron chi connectivity index (χ0n) is 14.7. The summed E-state index contributed by atoms with van der Waals surface area (Å²) in [5.41, 5.74) is 0.882. The first-order valence-corrected chi connectivity index (χ1v) is 8.51. The van der Waals surface area contributed by atoms with Crippen LogP contribution in [0.4, 0.5) is 0 Å². The molecule has 8 heteroatoms. The van der Waals surface area contributed by atoms with Crippen LogP contribution < -0.4 is 14.8 Å². The van der Waals surface area contributed by atoms with Crippen molar-refractivity contribution in [2.24, 2.45) is 5.92 Å². The van der Waals surface area contributed by atoms with Crippen molar-refractivity contribution in [1.82, 2.24) is 10.2 Å². The van der Waals surface area contributed by atoms with Crippen molar-refractivity contribution in [2.45, 2.75) is 13.0 Å². The monoisotopic (exact) mass is 368 g/mol. The second-order valence-corrected chi connectivity index (χ2v) is 6.04. The topological polar surface area (TPSA) is 80.3 Å². The van der Waals surface area contributed by atoms with Crippen molar-refractivity contribution in [3.05, 3.63) is 23.8 Å². The van der Waals surface area contributed by atoms with Crippen molar-refractivity contribution in [3.8, 4) is 11.5 Å². The largest absolute Gasteiger partial charge is 0.493 e. The summed E-state index contributed by atoms with van der Waals surface area (Å²) in [4.78, 5) is 13.3. The van der Waals surface area contributed by atoms with Crippen LogP contribution in [-0.2, 0) is 9.53 Å². The standard InChI is InChI=1S/C17H24N2O5S/c1-4-23-14(21)8-18-17(25)19(2)15-11(9-20)10-24-16-12(15)6-5-7-13(16)22-3/h5-7,11,15,20H,4,8-10H2,1-3H3,(H,18,25)/t11-,15+/m1/s1. The van der Waals surface area contributed by atoms with E-state index in [2.05, 4.69) is 5.32 Å². The van der Waals surface area contributed by atoms with Crippen molar-refractivity contribution in [1.29, 1.82) is 0 Å². The molecule has 1 heterocycles. The molecule has 0 spiro atoms. The lowest BCUT2D eigenvalue weighted by molar-refractivity contribution is -0.141. The van der Waals surface area contributed by atoms with E-state index in [1.165, 1.54) is 0 Å². The Morgan fingerprint density at radius 3 is 2.92 bits per heavy atom. The number of ether oxygens (including phenoxy) is 3. The summed E-state index contributed by atoms with van der Waals surface area (Å²) < 4.78 is 16.0. The van der Waals surface area contributed by atoms with Gasteiger partial charge in [-0.05, 0) is 25.2 Å². The van der Waals surface area contributed by atoms with Gasteiger partial charge >= 0.3 is 5.97 Å². The average molecular weight is 368 g/mol. The molecule has 0 radical (unpaired) electrons. The highest BCUT2D eigenvalue weighted by molar-refractivity contribution is 7.80. The number of fused-ring (bicyclic) bond motifs is 1. The number of carbonyl (C=O) groups is 1. The predicted octanol–water partition coefficient (Wildman–Crippen LogP) is 1.11. The van der Waals surface area contributed by atoms with Crippen LogP contribution in [0.2, 0.25) is 0 Å². The number of aliphatic hydroxyl groups is 1. The zero-order valence-corrected chi connectivity index (χ0v) is 15.5. The lowest BCUT2D eigenvalue weighted by atomic mass is 9.90. The van der Waals surface area contributed by atoms with E-state index in [1.54, 1.807) is 14.0 Å². The van der Waals surface area contributed by atoms with Crippen LogP contribution in [0.5, 0.6) is 11.5 Å². The maximum absolute atomic E-state index is 11.5. The third-order valence-corrected chi connectivity index (χ3v) is 4.53. The average Bonchev–Trinajstić information content (AvgIpc) is 2.64. The number of hydrogen-bond donors (Lipinski definition) is 2. The summed E-state index contributed by atoms with van der Waals surface area (Å²) in [7, 11) is 3.41. The van der Waals surface area contributed by atoms with Crippen molar-refractivity contribution < 1.29 is 24.1 Å². The Morgan fingerprint density at radius 1 is 1.52 bits per heavy atom. The number of methoxy groups -OCH3 is 1. The van der Waals surface area contributed by atoms with Gasteiger partial charge in [0.2, 0.25) is 0 Å². The van der Waals surface area contributed by atoms with Crippen molar-refractivity contribution in [3.63, 3.8) is 0 Å². The van der Waals surface area contributed by atoms with Crippen LogP contribution in [0, 0.1) is 5.92 Å². The van der Waals surface area contributed by atoms with Gasteiger partial charge < -0.3 is 29.5 Å². The summed E-state index contributed by atoms with van der Waals surface area (Å²) in [6.45, 7) is 2.36. The molecule has 0 unspecified atom stereocenters. The van der Waals surface area contributed by atoms with Gasteiger partial charge in [-0.3, -0.25) is 4.79 Å². The summed E-state index contributed by atoms with van der Waals surface area (Å²) in [6, 6.07) is 5.42. The molecular formula is C17H24N2O5S. The third-order valence-electron chi connectivity index (χ3n) is 4.10. The number of para-hydroxylation sites is 1. The quantitative estimate of drug-likeness (QED) is 0.571. The second-order valence-electron chi connectivity index (χ2n) is 5.65. The summed E-state index contributed by atoms with van der Waals surface area (Å²) in [5.74, 6) is 0.760. The molecule has 0 fully saturated rings. The highest BCUT2D eigenvalue weighted by atomic mass is 32.1. The molecule has 1 aromatic carbocycles. The van der Waals surface area contributed by atoms with E-state index in [1.807, 2.05) is 30.1 Å². The van der Waals surface area contributed by atoms with Crippen LogP contribution in [0.1, 0.15) is 18.5 Å². The summed E-state index contributed by atoms with van der Waals surface area (Å²) in [6.07, 6.45) is 0. The Balaban J connectivity index is 2.20. The number of benzene rings is 1. The van der Waals surface area contributed by atoms with Gasteiger partial charge in [-0.1, -0.05) is 12.1 Å². The zero-order chi connectivity index (χ0) is 18.4. The van der Waals surface area contributed by atoms with Gasteiger partial charge in [0.05, 0.1) is 33.0 Å². The van der Waals surface area contributed by atoms with Gasteiger partial charge in [0.1, 0.15) is 6.54 Å². The van der Waals surface area contributed by atoms with Gasteiger partial charge in [0.15, 0.2) is 16.6 Å². The molecule has 2 N–H and O–H groups in total. The molecule has 0 bridgehead atoms. The Kier molecular flexibility index (Phi) is 6.83. The molecule has 1 aromatic rings. The number of nitrogens with one attached hydrogen (secondary N) is 1. The van der Waals surface area contributed by atoms with Crippen LogP contribution in [0.25, 0.3) is 0 Å². The molecule has 1 aliphatic rings. The normalized spacial score (nSPS) is 18.6. The molecule has 138 valence electrons. The van der Waals surface area contributed by atoms with E-state index in [0.717, 1.165) is 5.56 Å². The highest BCUT2D eigenvalue weighted by Gasteiger charge is 2.36. The Bertz CT molecular complexity index is 625. The fraction of sp³-hybridized carbons (Fsp3) is 0.529. The SMILES string of the molecule is CCOC(=O)CNC(=S)N(C)[C@@H]1c2cccc(OC)c2OC[C@H]1CO. The molecular weight excluding hydrogens is 344 g/mol. The lowest BCUT2D eigenvalue weighted by Crippen LogP contribution is -2.46. The number of hydrogen-bond acceptors (Lipinski definition) is 6. The number of aliphatic hydroxyl groups excluding tert-OH is 1. The van der Waals surface area contributed by atoms with Crippen LogP contribution in [0.15, 0.2) is 18.2 Å². The molecule has 0 saturated heterocycles. The molecule has 0 amide bonds. The summed E-state index contributed by atoms with van der Waals surface area (Å²) >= 11 is 5.40. The fourth-order valence-corrected chi connectivity index (χ4v) is 3.09. The first-order valence-electron chi connectivity index (χ1n) is 8.10. The van der Waals surface area contributed by atoms with Crippen molar-refractivity contribution in [2.75, 3.05) is 40.5 Å². The molecule has 0 aromatic heterocycles. The predicted molar refractivity (Wildman–Crippen MR) is 96.8 cm³/mol. The van der Waals surface area contributed by atoms with E-state index in [0.29, 0.717) is 29.8 Å². The number of carbonyl (C=O) groups excluding carboxylic acids is 1. The minimum Gasteiger partial charge on any atom is -0.493 e. The first kappa shape index (κ1) is 19.3. The van der Waals surface area contributed by atoms with Gasteiger partial charge in [0, 0.05) is 18.5 Å². The maximum atomic E-state index is 11.5. The Morgan fingerprint density at radius 2 is 2.28 bits per heavy atom. The van der Waals surface area contributed by atoms with Gasteiger partial charge in [-0.25, -0.2) is 0 Å². The Hall–Kier alpha value is -2.06. The summed E-state index contributed by atoms with van der Waals surface area (Å²) in [5, 5.41) is 13.0. The van der Waals surface area contributed by atoms with E-state index in [-0.39, 0.29) is 31.1 Å². The van der Waals surface area contributed by atoms with Crippen LogP contribution in [0.3, 0.4) is 0 Å². The molecule has 2 atom stereocenters. The number of nitrogens with zero attached hydrogens (tertiary/aromatic N) is 1. The molecule has 0 aliphatic carbocycles.